The first kappa shape index (κ1) is 13.4. The summed E-state index contributed by atoms with van der Waals surface area (Å²) >= 11 is 5.47. The van der Waals surface area contributed by atoms with Crippen LogP contribution in [0.3, 0.4) is 0 Å². The molecule has 0 unspecified atom stereocenters. The molecule has 0 spiro atoms. The molecule has 4 nitrogen and oxygen atoms in total. The number of benzene rings is 1. The summed E-state index contributed by atoms with van der Waals surface area (Å²) in [5.41, 5.74) is 3.44. The molecule has 1 saturated carbocycles. The average Bonchev–Trinajstić information content (AvgIpc) is 3.22. The molecule has 3 rings (SSSR count). The molecule has 0 bridgehead atoms. The van der Waals surface area contributed by atoms with Crippen molar-refractivity contribution in [1.29, 1.82) is 0 Å². The Hall–Kier alpha value is -1.62. The van der Waals surface area contributed by atoms with Gasteiger partial charge in [-0.2, -0.15) is 0 Å². The summed E-state index contributed by atoms with van der Waals surface area (Å²) in [6.07, 6.45) is 3.38. The van der Waals surface area contributed by atoms with Crippen molar-refractivity contribution >= 4 is 28.9 Å². The number of thiocarbonyl (C=S) groups is 1. The van der Waals surface area contributed by atoms with Crippen molar-refractivity contribution in [2.24, 2.45) is 0 Å². The number of hydrogen-bond donors (Lipinski definition) is 2. The van der Waals surface area contributed by atoms with E-state index in [2.05, 4.69) is 21.6 Å². The highest BCUT2D eigenvalue weighted by Crippen LogP contribution is 2.27. The Labute approximate surface area is 124 Å². The monoisotopic (exact) mass is 289 g/mol. The summed E-state index contributed by atoms with van der Waals surface area (Å²) in [4.78, 5) is 13.5. The Morgan fingerprint density at radius 2 is 2.20 bits per heavy atom. The third-order valence-corrected chi connectivity index (χ3v) is 4.14. The Morgan fingerprint density at radius 3 is 2.90 bits per heavy atom. The molecule has 1 heterocycles. The van der Waals surface area contributed by atoms with Crippen LogP contribution in [-0.2, 0) is 17.8 Å². The minimum atomic E-state index is -0.0215. The van der Waals surface area contributed by atoms with Gasteiger partial charge in [0.15, 0.2) is 5.11 Å². The molecule has 0 saturated heterocycles. The van der Waals surface area contributed by atoms with E-state index in [1.165, 1.54) is 24.0 Å². The lowest BCUT2D eigenvalue weighted by Gasteiger charge is -2.32. The number of nitrogens with zero attached hydrogens (tertiary/aromatic N) is 1. The first-order valence-electron chi connectivity index (χ1n) is 7.07. The maximum Gasteiger partial charge on any atom is 0.221 e. The molecular formula is C15H19N3OS. The second-order valence-electron chi connectivity index (χ2n) is 5.52. The van der Waals surface area contributed by atoms with Crippen molar-refractivity contribution in [3.63, 3.8) is 0 Å². The number of rotatable bonds is 2. The highest BCUT2D eigenvalue weighted by molar-refractivity contribution is 7.80. The minimum absolute atomic E-state index is 0.0215. The van der Waals surface area contributed by atoms with Gasteiger partial charge in [-0.1, -0.05) is 12.1 Å². The molecule has 1 amide bonds. The quantitative estimate of drug-likeness (QED) is 0.818. The fraction of sp³-hybridized carbons (Fsp3) is 0.467. The molecule has 2 aliphatic rings. The van der Waals surface area contributed by atoms with E-state index in [9.17, 15) is 4.79 Å². The van der Waals surface area contributed by atoms with E-state index in [4.69, 9.17) is 12.2 Å². The van der Waals surface area contributed by atoms with Gasteiger partial charge in [0.2, 0.25) is 5.91 Å². The summed E-state index contributed by atoms with van der Waals surface area (Å²) in [5.74, 6) is -0.0215. The van der Waals surface area contributed by atoms with Gasteiger partial charge < -0.3 is 15.5 Å². The summed E-state index contributed by atoms with van der Waals surface area (Å²) in [6, 6.07) is 6.67. The Morgan fingerprint density at radius 1 is 1.40 bits per heavy atom. The van der Waals surface area contributed by atoms with Crippen molar-refractivity contribution < 1.29 is 4.79 Å². The average molecular weight is 289 g/mol. The fourth-order valence-corrected chi connectivity index (χ4v) is 2.91. The Bertz CT molecular complexity index is 554. The number of fused-ring (bicyclic) bond motifs is 1. The molecule has 0 radical (unpaired) electrons. The van der Waals surface area contributed by atoms with Crippen LogP contribution in [0.4, 0.5) is 5.69 Å². The van der Waals surface area contributed by atoms with E-state index in [1.54, 1.807) is 6.92 Å². The molecule has 0 atom stereocenters. The van der Waals surface area contributed by atoms with Crippen LogP contribution in [0.2, 0.25) is 0 Å². The predicted octanol–water partition coefficient (Wildman–Crippen LogP) is 2.04. The maximum atomic E-state index is 11.2. The molecule has 1 aliphatic heterocycles. The van der Waals surface area contributed by atoms with Crippen molar-refractivity contribution in [2.45, 2.75) is 38.8 Å². The summed E-state index contributed by atoms with van der Waals surface area (Å²) in [7, 11) is 0. The van der Waals surface area contributed by atoms with E-state index in [1.807, 2.05) is 12.1 Å². The number of amides is 1. The number of carbonyl (C=O) groups excluding carboxylic acids is 1. The van der Waals surface area contributed by atoms with Crippen LogP contribution in [0.1, 0.15) is 30.9 Å². The van der Waals surface area contributed by atoms with Gasteiger partial charge >= 0.3 is 0 Å². The van der Waals surface area contributed by atoms with E-state index in [-0.39, 0.29) is 5.91 Å². The lowest BCUT2D eigenvalue weighted by Crippen LogP contribution is -2.43. The number of carbonyl (C=O) groups is 1. The van der Waals surface area contributed by atoms with Gasteiger partial charge in [-0.3, -0.25) is 4.79 Å². The lowest BCUT2D eigenvalue weighted by atomic mass is 9.98. The second-order valence-corrected chi connectivity index (χ2v) is 5.91. The van der Waals surface area contributed by atoms with Crippen LogP contribution >= 0.6 is 12.2 Å². The van der Waals surface area contributed by atoms with Gasteiger partial charge in [0.1, 0.15) is 0 Å². The third-order valence-electron chi connectivity index (χ3n) is 3.77. The van der Waals surface area contributed by atoms with Crippen molar-refractivity contribution in [3.05, 3.63) is 29.3 Å². The van der Waals surface area contributed by atoms with E-state index in [0.717, 1.165) is 30.3 Å². The van der Waals surface area contributed by atoms with Gasteiger partial charge in [0.25, 0.3) is 0 Å². The highest BCUT2D eigenvalue weighted by Gasteiger charge is 2.26. The smallest absolute Gasteiger partial charge is 0.221 e. The summed E-state index contributed by atoms with van der Waals surface area (Å²) in [6.45, 7) is 3.27. The van der Waals surface area contributed by atoms with E-state index >= 15 is 0 Å². The third kappa shape index (κ3) is 2.93. The zero-order valence-corrected chi connectivity index (χ0v) is 12.4. The van der Waals surface area contributed by atoms with Crippen LogP contribution in [0.25, 0.3) is 0 Å². The zero-order chi connectivity index (χ0) is 14.1. The molecule has 106 valence electrons. The van der Waals surface area contributed by atoms with Gasteiger partial charge in [-0.15, -0.1) is 0 Å². The highest BCUT2D eigenvalue weighted by atomic mass is 32.1. The van der Waals surface area contributed by atoms with Crippen LogP contribution in [0, 0.1) is 0 Å². The maximum absolute atomic E-state index is 11.2. The van der Waals surface area contributed by atoms with Gasteiger partial charge in [0, 0.05) is 31.7 Å². The van der Waals surface area contributed by atoms with Crippen molar-refractivity contribution in [3.8, 4) is 0 Å². The largest absolute Gasteiger partial charge is 0.360 e. The number of hydrogen-bond acceptors (Lipinski definition) is 2. The van der Waals surface area contributed by atoms with Crippen LogP contribution in [0.5, 0.6) is 0 Å². The zero-order valence-electron chi connectivity index (χ0n) is 11.6. The summed E-state index contributed by atoms with van der Waals surface area (Å²) in [5, 5.41) is 7.17. The lowest BCUT2D eigenvalue weighted by molar-refractivity contribution is -0.114. The molecular weight excluding hydrogens is 270 g/mol. The topological polar surface area (TPSA) is 44.4 Å². The van der Waals surface area contributed by atoms with Crippen molar-refractivity contribution in [1.82, 2.24) is 10.2 Å². The number of nitrogens with one attached hydrogen (secondary N) is 2. The van der Waals surface area contributed by atoms with Crippen molar-refractivity contribution in [2.75, 3.05) is 11.9 Å². The minimum Gasteiger partial charge on any atom is -0.360 e. The Balaban J connectivity index is 1.74. The van der Waals surface area contributed by atoms with Gasteiger partial charge in [0.05, 0.1) is 0 Å². The summed E-state index contributed by atoms with van der Waals surface area (Å²) < 4.78 is 0. The molecule has 5 heteroatoms. The number of anilines is 1. The first-order chi connectivity index (χ1) is 9.63. The molecule has 20 heavy (non-hydrogen) atoms. The standard InChI is InChI=1S/C15H19N3OS/c1-10(19)16-14-4-2-3-11-9-18(8-7-13(11)14)15(20)17-12-5-6-12/h2-4,12H,5-9H2,1H3,(H,16,19)(H,17,20). The Kier molecular flexibility index (Phi) is 3.61. The molecule has 1 aromatic carbocycles. The van der Waals surface area contributed by atoms with E-state index < -0.39 is 0 Å². The normalized spacial score (nSPS) is 17.4. The van der Waals surface area contributed by atoms with Gasteiger partial charge in [-0.25, -0.2) is 0 Å². The first-order valence-corrected chi connectivity index (χ1v) is 7.48. The van der Waals surface area contributed by atoms with Crippen LogP contribution in [0.15, 0.2) is 18.2 Å². The molecule has 2 N–H and O–H groups in total. The SMILES string of the molecule is CC(=O)Nc1cccc2c1CCN(C(=S)NC1CC1)C2. The molecule has 1 fully saturated rings. The fourth-order valence-electron chi connectivity index (χ4n) is 2.58. The predicted molar refractivity (Wildman–Crippen MR) is 83.6 cm³/mol. The van der Waals surface area contributed by atoms with E-state index in [0.29, 0.717) is 6.04 Å². The second kappa shape index (κ2) is 5.40. The van der Waals surface area contributed by atoms with Crippen LogP contribution in [-0.4, -0.2) is 28.5 Å². The molecule has 1 aromatic rings. The molecule has 0 aromatic heterocycles. The molecule has 1 aliphatic carbocycles. The van der Waals surface area contributed by atoms with Gasteiger partial charge in [-0.05, 0) is 48.7 Å². The van der Waals surface area contributed by atoms with Crippen LogP contribution < -0.4 is 10.6 Å².